The molecule has 0 radical (unpaired) electrons. The average Bonchev–Trinajstić information content (AvgIpc) is 2.55. The second-order valence-electron chi connectivity index (χ2n) is 5.17. The maximum Gasteiger partial charge on any atom is 0.133 e. The fourth-order valence-corrected chi connectivity index (χ4v) is 2.67. The van der Waals surface area contributed by atoms with Gasteiger partial charge in [-0.25, -0.2) is 0 Å². The van der Waals surface area contributed by atoms with Gasteiger partial charge in [0.2, 0.25) is 0 Å². The van der Waals surface area contributed by atoms with Crippen molar-refractivity contribution >= 4 is 15.9 Å². The van der Waals surface area contributed by atoms with Gasteiger partial charge in [-0.15, -0.1) is 0 Å². The van der Waals surface area contributed by atoms with Gasteiger partial charge in [-0.1, -0.05) is 43.3 Å². The Labute approximate surface area is 140 Å². The Morgan fingerprint density at radius 1 is 1.18 bits per heavy atom. The Balaban J connectivity index is 1.83. The third-order valence-electron chi connectivity index (χ3n) is 3.31. The Morgan fingerprint density at radius 2 is 1.95 bits per heavy atom. The number of aliphatic hydroxyl groups excluding tert-OH is 1. The lowest BCUT2D eigenvalue weighted by Gasteiger charge is -2.13. The highest BCUT2D eigenvalue weighted by Crippen LogP contribution is 2.26. The van der Waals surface area contributed by atoms with Crippen LogP contribution in [0.1, 0.15) is 30.6 Å². The van der Waals surface area contributed by atoms with Crippen LogP contribution in [0.5, 0.6) is 5.75 Å². The molecule has 1 atom stereocenters. The van der Waals surface area contributed by atoms with Gasteiger partial charge in [0.15, 0.2) is 0 Å². The Morgan fingerprint density at radius 3 is 2.64 bits per heavy atom. The molecule has 0 fully saturated rings. The van der Waals surface area contributed by atoms with Crippen molar-refractivity contribution in [3.8, 4) is 5.75 Å². The van der Waals surface area contributed by atoms with Crippen LogP contribution < -0.4 is 10.1 Å². The molecule has 2 aromatic rings. The van der Waals surface area contributed by atoms with Crippen LogP contribution in [-0.4, -0.2) is 18.3 Å². The van der Waals surface area contributed by atoms with Crippen molar-refractivity contribution in [2.45, 2.75) is 26.0 Å². The van der Waals surface area contributed by atoms with Gasteiger partial charge in [-0.3, -0.25) is 0 Å². The summed E-state index contributed by atoms with van der Waals surface area (Å²) in [6, 6.07) is 15.7. The van der Waals surface area contributed by atoms with Gasteiger partial charge in [0.05, 0.1) is 17.2 Å². The van der Waals surface area contributed by atoms with Crippen LogP contribution in [0.2, 0.25) is 0 Å². The molecule has 22 heavy (non-hydrogen) atoms. The zero-order valence-electron chi connectivity index (χ0n) is 12.8. The Bertz CT molecular complexity index is 575. The van der Waals surface area contributed by atoms with E-state index in [1.165, 1.54) is 0 Å². The minimum atomic E-state index is -0.489. The second kappa shape index (κ2) is 8.93. The summed E-state index contributed by atoms with van der Waals surface area (Å²) < 4.78 is 6.60. The van der Waals surface area contributed by atoms with Crippen molar-refractivity contribution in [1.29, 1.82) is 0 Å². The summed E-state index contributed by atoms with van der Waals surface area (Å²) in [6.45, 7) is 4.04. The highest BCUT2D eigenvalue weighted by Gasteiger charge is 2.07. The number of rotatable bonds is 8. The number of ether oxygens (including phenoxy) is 1. The lowest BCUT2D eigenvalue weighted by molar-refractivity contribution is 0.174. The zero-order valence-corrected chi connectivity index (χ0v) is 14.3. The van der Waals surface area contributed by atoms with Gasteiger partial charge in [0, 0.05) is 13.1 Å². The summed E-state index contributed by atoms with van der Waals surface area (Å²) >= 11 is 3.53. The molecule has 118 valence electrons. The quantitative estimate of drug-likeness (QED) is 0.742. The summed E-state index contributed by atoms with van der Waals surface area (Å²) in [4.78, 5) is 0. The van der Waals surface area contributed by atoms with E-state index in [1.807, 2.05) is 48.5 Å². The van der Waals surface area contributed by atoms with Crippen molar-refractivity contribution in [2.75, 3.05) is 13.2 Å². The molecule has 0 heterocycles. The minimum Gasteiger partial charge on any atom is -0.492 e. The topological polar surface area (TPSA) is 41.5 Å². The number of hydrogen-bond acceptors (Lipinski definition) is 3. The molecule has 0 saturated carbocycles. The van der Waals surface area contributed by atoms with Crippen LogP contribution in [0.15, 0.2) is 53.0 Å². The van der Waals surface area contributed by atoms with E-state index in [0.29, 0.717) is 13.1 Å². The maximum absolute atomic E-state index is 10.1. The first-order chi connectivity index (χ1) is 10.7. The van der Waals surface area contributed by atoms with E-state index in [9.17, 15) is 5.11 Å². The summed E-state index contributed by atoms with van der Waals surface area (Å²) in [5.74, 6) is 0.870. The number of nitrogens with one attached hydrogen (secondary N) is 1. The summed E-state index contributed by atoms with van der Waals surface area (Å²) in [6.07, 6.45) is 0.504. The monoisotopic (exact) mass is 363 g/mol. The fraction of sp³-hybridized carbons (Fsp3) is 0.333. The number of benzene rings is 2. The Kier molecular flexibility index (Phi) is 6.90. The minimum absolute atomic E-state index is 0.489. The predicted octanol–water partition coefficient (Wildman–Crippen LogP) is 4.06. The predicted molar refractivity (Wildman–Crippen MR) is 93.0 cm³/mol. The van der Waals surface area contributed by atoms with E-state index in [-0.39, 0.29) is 0 Å². The van der Waals surface area contributed by atoms with E-state index >= 15 is 0 Å². The van der Waals surface area contributed by atoms with Crippen LogP contribution in [0.3, 0.4) is 0 Å². The highest BCUT2D eigenvalue weighted by molar-refractivity contribution is 9.10. The molecule has 0 aliphatic carbocycles. The van der Waals surface area contributed by atoms with Gasteiger partial charge >= 0.3 is 0 Å². The van der Waals surface area contributed by atoms with Gasteiger partial charge in [-0.05, 0) is 45.6 Å². The van der Waals surface area contributed by atoms with Crippen LogP contribution in [0.4, 0.5) is 0 Å². The van der Waals surface area contributed by atoms with Crippen molar-refractivity contribution in [3.05, 3.63) is 64.1 Å². The first-order valence-electron chi connectivity index (χ1n) is 7.55. The average molecular weight is 364 g/mol. The summed E-state index contributed by atoms with van der Waals surface area (Å²) in [5, 5.41) is 13.4. The molecule has 0 spiro atoms. The number of aliphatic hydroxyl groups is 1. The first kappa shape index (κ1) is 17.0. The SMILES string of the molecule is CCCOc1ccc(CNC[C@@H](O)c2ccccc2)cc1Br. The molecule has 0 unspecified atom stereocenters. The molecule has 0 saturated heterocycles. The molecule has 2 N–H and O–H groups in total. The van der Waals surface area contributed by atoms with Crippen LogP contribution in [-0.2, 0) is 6.54 Å². The largest absolute Gasteiger partial charge is 0.492 e. The van der Waals surface area contributed by atoms with E-state index in [2.05, 4.69) is 28.2 Å². The van der Waals surface area contributed by atoms with Crippen molar-refractivity contribution in [3.63, 3.8) is 0 Å². The van der Waals surface area contributed by atoms with Crippen LogP contribution >= 0.6 is 15.9 Å². The van der Waals surface area contributed by atoms with Crippen molar-refractivity contribution in [1.82, 2.24) is 5.32 Å². The second-order valence-corrected chi connectivity index (χ2v) is 6.02. The molecule has 0 aromatic heterocycles. The molecular formula is C18H22BrNO2. The standard InChI is InChI=1S/C18H22BrNO2/c1-2-10-22-18-9-8-14(11-16(18)19)12-20-13-17(21)15-6-4-3-5-7-15/h3-9,11,17,20-21H,2,10,12-13H2,1H3/t17-/m1/s1. The zero-order chi connectivity index (χ0) is 15.8. The molecule has 4 heteroatoms. The van der Waals surface area contributed by atoms with Gasteiger partial charge in [0.25, 0.3) is 0 Å². The normalized spacial score (nSPS) is 12.1. The molecule has 0 bridgehead atoms. The van der Waals surface area contributed by atoms with E-state index in [1.54, 1.807) is 0 Å². The Hall–Kier alpha value is -1.36. The highest BCUT2D eigenvalue weighted by atomic mass is 79.9. The van der Waals surface area contributed by atoms with E-state index in [4.69, 9.17) is 4.74 Å². The summed E-state index contributed by atoms with van der Waals surface area (Å²) in [7, 11) is 0. The number of halogens is 1. The molecule has 0 aliphatic heterocycles. The third-order valence-corrected chi connectivity index (χ3v) is 3.93. The molecule has 3 nitrogen and oxygen atoms in total. The van der Waals surface area contributed by atoms with Crippen molar-refractivity contribution < 1.29 is 9.84 Å². The molecular weight excluding hydrogens is 342 g/mol. The van der Waals surface area contributed by atoms with E-state index in [0.717, 1.165) is 34.4 Å². The van der Waals surface area contributed by atoms with Crippen LogP contribution in [0, 0.1) is 0 Å². The molecule has 2 aromatic carbocycles. The molecule has 0 aliphatic rings. The molecule has 0 amide bonds. The van der Waals surface area contributed by atoms with Crippen LogP contribution in [0.25, 0.3) is 0 Å². The summed E-state index contributed by atoms with van der Waals surface area (Å²) in [5.41, 5.74) is 2.08. The van der Waals surface area contributed by atoms with Gasteiger partial charge in [-0.2, -0.15) is 0 Å². The van der Waals surface area contributed by atoms with E-state index < -0.39 is 6.10 Å². The van der Waals surface area contributed by atoms with Gasteiger partial charge in [0.1, 0.15) is 5.75 Å². The van der Waals surface area contributed by atoms with Crippen molar-refractivity contribution in [2.24, 2.45) is 0 Å². The third kappa shape index (κ3) is 5.13. The molecule has 2 rings (SSSR count). The van der Waals surface area contributed by atoms with Gasteiger partial charge < -0.3 is 15.2 Å². The smallest absolute Gasteiger partial charge is 0.133 e. The maximum atomic E-state index is 10.1. The number of hydrogen-bond donors (Lipinski definition) is 2. The lowest BCUT2D eigenvalue weighted by atomic mass is 10.1. The first-order valence-corrected chi connectivity index (χ1v) is 8.35. The lowest BCUT2D eigenvalue weighted by Crippen LogP contribution is -2.21. The fourth-order valence-electron chi connectivity index (χ4n) is 2.13.